The number of fused-ring (bicyclic) bond motifs is 1. The number of hydrogen-bond donors (Lipinski definition) is 2. The second-order valence-electron chi connectivity index (χ2n) is 4.88. The van der Waals surface area contributed by atoms with Crippen molar-refractivity contribution in [3.05, 3.63) is 48.0 Å². The van der Waals surface area contributed by atoms with Crippen LogP contribution in [0.4, 0.5) is 5.69 Å². The Morgan fingerprint density at radius 3 is 2.77 bits per heavy atom. The number of aromatic amines is 1. The number of nitrogens with zero attached hydrogens (tertiary/aromatic N) is 2. The minimum Gasteiger partial charge on any atom is -0.338 e. The maximum absolute atomic E-state index is 11.3. The first kappa shape index (κ1) is 14.1. The van der Waals surface area contributed by atoms with Gasteiger partial charge in [-0.05, 0) is 30.3 Å². The molecule has 3 aromatic rings. The number of nitrogens with one attached hydrogen (secondary N) is 2. The smallest absolute Gasteiger partial charge is 0.229 e. The number of H-pyrrole nitrogens is 1. The first-order valence-corrected chi connectivity index (χ1v) is 8.32. The maximum atomic E-state index is 11.3. The number of sulfonamides is 1. The van der Waals surface area contributed by atoms with Gasteiger partial charge in [0.2, 0.25) is 10.0 Å². The summed E-state index contributed by atoms with van der Waals surface area (Å²) in [7, 11) is -3.33. The lowest BCUT2D eigenvalue weighted by atomic mass is 10.2. The predicted octanol–water partition coefficient (Wildman–Crippen LogP) is 2.47. The Hall–Kier alpha value is -2.85. The van der Waals surface area contributed by atoms with E-state index in [-0.39, 0.29) is 0 Å². The Balaban J connectivity index is 2.04. The van der Waals surface area contributed by atoms with Gasteiger partial charge in [0.05, 0.1) is 28.9 Å². The van der Waals surface area contributed by atoms with Crippen LogP contribution in [0.2, 0.25) is 0 Å². The fourth-order valence-electron chi connectivity index (χ4n) is 2.16. The molecular formula is C15H12N4O2S. The van der Waals surface area contributed by atoms with Crippen LogP contribution in [-0.4, -0.2) is 24.6 Å². The molecule has 0 unspecified atom stereocenters. The third kappa shape index (κ3) is 2.92. The molecule has 3 rings (SSSR count). The maximum Gasteiger partial charge on any atom is 0.229 e. The molecule has 2 aromatic carbocycles. The van der Waals surface area contributed by atoms with Crippen molar-refractivity contribution in [2.75, 3.05) is 11.0 Å². The van der Waals surface area contributed by atoms with Crippen molar-refractivity contribution in [3.8, 4) is 17.5 Å². The van der Waals surface area contributed by atoms with Gasteiger partial charge < -0.3 is 4.98 Å². The van der Waals surface area contributed by atoms with Crippen LogP contribution in [-0.2, 0) is 10.0 Å². The average Bonchev–Trinajstić information content (AvgIpc) is 2.88. The summed E-state index contributed by atoms with van der Waals surface area (Å²) in [6, 6.07) is 14.2. The van der Waals surface area contributed by atoms with Crippen LogP contribution in [0.5, 0.6) is 0 Å². The number of anilines is 1. The van der Waals surface area contributed by atoms with E-state index in [1.54, 1.807) is 36.4 Å². The molecule has 0 saturated carbocycles. The van der Waals surface area contributed by atoms with Gasteiger partial charge in [0, 0.05) is 11.3 Å². The number of hydrogen-bond acceptors (Lipinski definition) is 4. The lowest BCUT2D eigenvalue weighted by Crippen LogP contribution is -2.09. The molecule has 22 heavy (non-hydrogen) atoms. The highest BCUT2D eigenvalue weighted by atomic mass is 32.2. The van der Waals surface area contributed by atoms with Crippen LogP contribution >= 0.6 is 0 Å². The second kappa shape index (κ2) is 5.16. The summed E-state index contributed by atoms with van der Waals surface area (Å²) in [5.41, 5.74) is 3.28. The average molecular weight is 312 g/mol. The third-order valence-electron chi connectivity index (χ3n) is 3.05. The fraction of sp³-hybridized carbons (Fsp3) is 0.0667. The zero-order valence-electron chi connectivity index (χ0n) is 11.7. The molecule has 0 atom stereocenters. The van der Waals surface area contributed by atoms with E-state index in [1.807, 2.05) is 6.07 Å². The highest BCUT2D eigenvalue weighted by Crippen LogP contribution is 2.24. The third-order valence-corrected chi connectivity index (χ3v) is 3.66. The van der Waals surface area contributed by atoms with Crippen molar-refractivity contribution in [1.29, 1.82) is 5.26 Å². The topological polar surface area (TPSA) is 98.6 Å². The van der Waals surface area contributed by atoms with Gasteiger partial charge in [0.15, 0.2) is 0 Å². The molecule has 0 saturated heterocycles. The SMILES string of the molecule is CS(=O)(=O)Nc1cccc(-c2nc3ccc(C#N)cc3[nH]2)c1. The summed E-state index contributed by atoms with van der Waals surface area (Å²) in [4.78, 5) is 7.59. The minimum atomic E-state index is -3.33. The van der Waals surface area contributed by atoms with Crippen molar-refractivity contribution >= 4 is 26.7 Å². The molecule has 0 bridgehead atoms. The van der Waals surface area contributed by atoms with E-state index in [1.165, 1.54) is 0 Å². The zero-order valence-corrected chi connectivity index (χ0v) is 12.5. The highest BCUT2D eigenvalue weighted by Gasteiger charge is 2.08. The Morgan fingerprint density at radius 2 is 2.05 bits per heavy atom. The molecule has 1 aromatic heterocycles. The van der Waals surface area contributed by atoms with E-state index in [2.05, 4.69) is 20.8 Å². The van der Waals surface area contributed by atoms with E-state index < -0.39 is 10.0 Å². The normalized spacial score (nSPS) is 11.3. The van der Waals surface area contributed by atoms with Crippen LogP contribution in [0.1, 0.15) is 5.56 Å². The zero-order chi connectivity index (χ0) is 15.7. The van der Waals surface area contributed by atoms with Crippen molar-refractivity contribution in [1.82, 2.24) is 9.97 Å². The van der Waals surface area contributed by atoms with E-state index in [4.69, 9.17) is 5.26 Å². The minimum absolute atomic E-state index is 0.471. The van der Waals surface area contributed by atoms with Crippen LogP contribution in [0.25, 0.3) is 22.4 Å². The van der Waals surface area contributed by atoms with E-state index in [0.29, 0.717) is 17.1 Å². The number of rotatable bonds is 3. The first-order valence-electron chi connectivity index (χ1n) is 6.43. The first-order chi connectivity index (χ1) is 10.4. The van der Waals surface area contributed by atoms with E-state index in [9.17, 15) is 8.42 Å². The lowest BCUT2D eigenvalue weighted by molar-refractivity contribution is 0.607. The van der Waals surface area contributed by atoms with E-state index in [0.717, 1.165) is 22.9 Å². The number of aromatic nitrogens is 2. The molecule has 0 fully saturated rings. The van der Waals surface area contributed by atoms with Gasteiger partial charge >= 0.3 is 0 Å². The Labute approximate surface area is 127 Å². The summed E-state index contributed by atoms with van der Waals surface area (Å²) < 4.78 is 25.0. The van der Waals surface area contributed by atoms with Gasteiger partial charge in [-0.25, -0.2) is 13.4 Å². The van der Waals surface area contributed by atoms with Gasteiger partial charge in [-0.2, -0.15) is 5.26 Å². The molecule has 0 amide bonds. The quantitative estimate of drug-likeness (QED) is 0.776. The van der Waals surface area contributed by atoms with Crippen LogP contribution in [0.15, 0.2) is 42.5 Å². The number of nitriles is 1. The van der Waals surface area contributed by atoms with Crippen LogP contribution in [0.3, 0.4) is 0 Å². The molecule has 0 aliphatic heterocycles. The molecule has 2 N–H and O–H groups in total. The highest BCUT2D eigenvalue weighted by molar-refractivity contribution is 7.92. The molecule has 6 nitrogen and oxygen atoms in total. The van der Waals surface area contributed by atoms with Crippen molar-refractivity contribution in [2.24, 2.45) is 0 Å². The number of imidazole rings is 1. The van der Waals surface area contributed by atoms with Gasteiger partial charge in [-0.1, -0.05) is 12.1 Å². The van der Waals surface area contributed by atoms with Crippen LogP contribution < -0.4 is 4.72 Å². The Kier molecular flexibility index (Phi) is 3.31. The Morgan fingerprint density at radius 1 is 1.23 bits per heavy atom. The van der Waals surface area contributed by atoms with Crippen molar-refractivity contribution in [2.45, 2.75) is 0 Å². The second-order valence-corrected chi connectivity index (χ2v) is 6.63. The monoisotopic (exact) mass is 312 g/mol. The Bertz CT molecular complexity index is 1000. The molecule has 0 aliphatic carbocycles. The summed E-state index contributed by atoms with van der Waals surface area (Å²) in [5.74, 6) is 0.613. The van der Waals surface area contributed by atoms with Gasteiger partial charge in [-0.3, -0.25) is 4.72 Å². The lowest BCUT2D eigenvalue weighted by Gasteiger charge is -2.04. The van der Waals surface area contributed by atoms with Gasteiger partial charge in [-0.15, -0.1) is 0 Å². The molecule has 110 valence electrons. The predicted molar refractivity (Wildman–Crippen MR) is 84.7 cm³/mol. The largest absolute Gasteiger partial charge is 0.338 e. The summed E-state index contributed by atoms with van der Waals surface area (Å²) in [5, 5.41) is 8.92. The molecular weight excluding hydrogens is 300 g/mol. The van der Waals surface area contributed by atoms with Crippen molar-refractivity contribution < 1.29 is 8.42 Å². The fourth-order valence-corrected chi connectivity index (χ4v) is 2.72. The molecule has 0 radical (unpaired) electrons. The molecule has 1 heterocycles. The standard InChI is InChI=1S/C15H12N4O2S/c1-22(20,21)19-12-4-2-3-11(8-12)15-17-13-6-5-10(9-16)7-14(13)18-15/h2-8,19H,1H3,(H,17,18). The summed E-state index contributed by atoms with van der Waals surface area (Å²) >= 11 is 0. The molecule has 0 spiro atoms. The van der Waals surface area contributed by atoms with E-state index >= 15 is 0 Å². The summed E-state index contributed by atoms with van der Waals surface area (Å²) in [6.07, 6.45) is 1.10. The summed E-state index contributed by atoms with van der Waals surface area (Å²) in [6.45, 7) is 0. The molecule has 0 aliphatic rings. The number of benzene rings is 2. The van der Waals surface area contributed by atoms with Gasteiger partial charge in [0.1, 0.15) is 5.82 Å². The van der Waals surface area contributed by atoms with Crippen LogP contribution in [0, 0.1) is 11.3 Å². The van der Waals surface area contributed by atoms with Gasteiger partial charge in [0.25, 0.3) is 0 Å². The molecule has 7 heteroatoms. The van der Waals surface area contributed by atoms with Crippen molar-refractivity contribution in [3.63, 3.8) is 0 Å².